The van der Waals surface area contributed by atoms with Gasteiger partial charge in [-0.25, -0.2) is 0 Å². The zero-order valence-corrected chi connectivity index (χ0v) is 16.9. The molecule has 0 unspecified atom stereocenters. The van der Waals surface area contributed by atoms with Crippen LogP contribution in [0.4, 0.5) is 0 Å². The van der Waals surface area contributed by atoms with Crippen molar-refractivity contribution in [3.05, 3.63) is 58.1 Å². The number of benzene rings is 2. The number of ketones is 1. The molecule has 1 N–H and O–H groups in total. The van der Waals surface area contributed by atoms with E-state index in [1.54, 1.807) is 25.1 Å². The molecule has 0 heterocycles. The van der Waals surface area contributed by atoms with Gasteiger partial charge in [0.05, 0.1) is 5.02 Å². The Kier molecular flexibility index (Phi) is 8.14. The lowest BCUT2D eigenvalue weighted by molar-refractivity contribution is -0.122. The SMILES string of the molecule is CC(=O)CC[C@@H](C)NC(=O)CCc1ccc(Oc2ccc(Cl)cc2Cl)cc1. The van der Waals surface area contributed by atoms with Crippen molar-refractivity contribution in [1.82, 2.24) is 5.32 Å². The number of nitrogens with one attached hydrogen (secondary N) is 1. The van der Waals surface area contributed by atoms with Gasteiger partial charge in [-0.3, -0.25) is 4.79 Å². The average Bonchev–Trinajstić information content (AvgIpc) is 2.62. The largest absolute Gasteiger partial charge is 0.456 e. The monoisotopic (exact) mass is 407 g/mol. The first-order valence-electron chi connectivity index (χ1n) is 8.84. The summed E-state index contributed by atoms with van der Waals surface area (Å²) in [6.45, 7) is 3.47. The summed E-state index contributed by atoms with van der Waals surface area (Å²) < 4.78 is 5.75. The first-order valence-corrected chi connectivity index (χ1v) is 9.59. The summed E-state index contributed by atoms with van der Waals surface area (Å²) in [4.78, 5) is 23.0. The topological polar surface area (TPSA) is 55.4 Å². The molecule has 0 saturated carbocycles. The second kappa shape index (κ2) is 10.3. The molecule has 0 radical (unpaired) electrons. The van der Waals surface area contributed by atoms with Gasteiger partial charge >= 0.3 is 0 Å². The molecular weight excluding hydrogens is 385 g/mol. The van der Waals surface area contributed by atoms with E-state index in [2.05, 4.69) is 5.32 Å². The van der Waals surface area contributed by atoms with Crippen LogP contribution in [0.15, 0.2) is 42.5 Å². The number of carbonyl (C=O) groups excluding carboxylic acids is 2. The van der Waals surface area contributed by atoms with E-state index < -0.39 is 0 Å². The smallest absolute Gasteiger partial charge is 0.220 e. The molecule has 0 aromatic heterocycles. The molecule has 6 heteroatoms. The fraction of sp³-hybridized carbons (Fsp3) is 0.333. The van der Waals surface area contributed by atoms with Crippen molar-refractivity contribution < 1.29 is 14.3 Å². The molecule has 2 rings (SSSR count). The Labute approximate surface area is 169 Å². The zero-order valence-electron chi connectivity index (χ0n) is 15.4. The highest BCUT2D eigenvalue weighted by atomic mass is 35.5. The van der Waals surface area contributed by atoms with E-state index in [9.17, 15) is 9.59 Å². The van der Waals surface area contributed by atoms with Crippen molar-refractivity contribution in [3.8, 4) is 11.5 Å². The third-order valence-corrected chi connectivity index (χ3v) is 4.55. The number of carbonyl (C=O) groups is 2. The Morgan fingerprint density at radius 1 is 1.07 bits per heavy atom. The van der Waals surface area contributed by atoms with Gasteiger partial charge in [-0.15, -0.1) is 0 Å². The second-order valence-electron chi connectivity index (χ2n) is 6.53. The molecule has 0 bridgehead atoms. The van der Waals surface area contributed by atoms with E-state index in [0.29, 0.717) is 47.2 Å². The minimum atomic E-state index is -0.0145. The van der Waals surface area contributed by atoms with Crippen LogP contribution in [0.1, 0.15) is 38.7 Å². The van der Waals surface area contributed by atoms with Crippen LogP contribution < -0.4 is 10.1 Å². The summed E-state index contributed by atoms with van der Waals surface area (Å²) in [7, 11) is 0. The molecule has 2 aromatic rings. The number of halogens is 2. The van der Waals surface area contributed by atoms with Crippen molar-refractivity contribution in [3.63, 3.8) is 0 Å². The third kappa shape index (κ3) is 7.61. The van der Waals surface area contributed by atoms with Gasteiger partial charge in [0.2, 0.25) is 5.91 Å². The molecule has 0 saturated heterocycles. The number of Topliss-reactive ketones (excluding diaryl/α,β-unsaturated/α-hetero) is 1. The van der Waals surface area contributed by atoms with Crippen molar-refractivity contribution >= 4 is 34.9 Å². The summed E-state index contributed by atoms with van der Waals surface area (Å²) in [5.41, 5.74) is 1.04. The lowest BCUT2D eigenvalue weighted by Crippen LogP contribution is -2.32. The molecule has 1 atom stereocenters. The first-order chi connectivity index (χ1) is 12.8. The maximum atomic E-state index is 12.0. The first kappa shape index (κ1) is 21.3. The van der Waals surface area contributed by atoms with Gasteiger partial charge in [0.15, 0.2) is 0 Å². The minimum Gasteiger partial charge on any atom is -0.456 e. The fourth-order valence-electron chi connectivity index (χ4n) is 2.51. The number of ether oxygens (including phenoxy) is 1. The maximum Gasteiger partial charge on any atom is 0.220 e. The van der Waals surface area contributed by atoms with Crippen molar-refractivity contribution in [2.45, 2.75) is 45.6 Å². The highest BCUT2D eigenvalue weighted by Gasteiger charge is 2.09. The molecule has 0 aliphatic heterocycles. The number of aryl methyl sites for hydroxylation is 1. The zero-order chi connectivity index (χ0) is 19.8. The van der Waals surface area contributed by atoms with E-state index >= 15 is 0 Å². The van der Waals surface area contributed by atoms with Crippen LogP contribution in [-0.2, 0) is 16.0 Å². The van der Waals surface area contributed by atoms with Gasteiger partial charge in [-0.05, 0) is 62.6 Å². The van der Waals surface area contributed by atoms with Gasteiger partial charge in [0.25, 0.3) is 0 Å². The summed E-state index contributed by atoms with van der Waals surface area (Å²) in [6, 6.07) is 12.6. The van der Waals surface area contributed by atoms with Crippen molar-refractivity contribution in [1.29, 1.82) is 0 Å². The van der Waals surface area contributed by atoms with E-state index in [1.807, 2.05) is 31.2 Å². The van der Waals surface area contributed by atoms with Gasteiger partial charge in [0, 0.05) is 23.9 Å². The molecular formula is C21H23Cl2NO3. The summed E-state index contributed by atoms with van der Waals surface area (Å²) in [6.07, 6.45) is 2.18. The predicted molar refractivity (Wildman–Crippen MR) is 109 cm³/mol. The Bertz CT molecular complexity index is 791. The average molecular weight is 408 g/mol. The van der Waals surface area contributed by atoms with Crippen LogP contribution in [0.5, 0.6) is 11.5 Å². The molecule has 27 heavy (non-hydrogen) atoms. The number of amides is 1. The standard InChI is InChI=1S/C21H23Cl2NO3/c1-14(3-4-15(2)25)24-21(26)12-7-16-5-9-18(10-6-16)27-20-11-8-17(22)13-19(20)23/h5-6,8-11,13-14H,3-4,7,12H2,1-2H3,(H,24,26)/t14-/m1/s1. The second-order valence-corrected chi connectivity index (χ2v) is 7.37. The minimum absolute atomic E-state index is 0.00120. The third-order valence-electron chi connectivity index (χ3n) is 4.02. The van der Waals surface area contributed by atoms with Crippen LogP contribution in [0.3, 0.4) is 0 Å². The molecule has 144 valence electrons. The molecule has 2 aromatic carbocycles. The van der Waals surface area contributed by atoms with Crippen LogP contribution in [0, 0.1) is 0 Å². The Hall–Kier alpha value is -2.04. The van der Waals surface area contributed by atoms with Crippen LogP contribution in [-0.4, -0.2) is 17.7 Å². The highest BCUT2D eigenvalue weighted by Crippen LogP contribution is 2.31. The van der Waals surface area contributed by atoms with Crippen LogP contribution in [0.2, 0.25) is 10.0 Å². The number of hydrogen-bond acceptors (Lipinski definition) is 3. The van der Waals surface area contributed by atoms with E-state index in [-0.39, 0.29) is 17.7 Å². The Balaban J connectivity index is 1.81. The molecule has 0 fully saturated rings. The molecule has 0 aliphatic carbocycles. The Morgan fingerprint density at radius 2 is 1.78 bits per heavy atom. The van der Waals surface area contributed by atoms with Gasteiger partial charge in [-0.1, -0.05) is 35.3 Å². The molecule has 0 spiro atoms. The number of rotatable bonds is 9. The highest BCUT2D eigenvalue weighted by molar-refractivity contribution is 6.35. The summed E-state index contributed by atoms with van der Waals surface area (Å²) in [5, 5.41) is 3.92. The van der Waals surface area contributed by atoms with Crippen LogP contribution >= 0.6 is 23.2 Å². The van der Waals surface area contributed by atoms with Gasteiger partial charge in [0.1, 0.15) is 17.3 Å². The molecule has 0 aliphatic rings. The molecule has 1 amide bonds. The normalized spacial score (nSPS) is 11.7. The van der Waals surface area contributed by atoms with Crippen molar-refractivity contribution in [2.24, 2.45) is 0 Å². The summed E-state index contributed by atoms with van der Waals surface area (Å²) in [5.74, 6) is 1.32. The fourth-order valence-corrected chi connectivity index (χ4v) is 2.95. The van der Waals surface area contributed by atoms with Gasteiger partial charge in [-0.2, -0.15) is 0 Å². The lowest BCUT2D eigenvalue weighted by Gasteiger charge is -2.13. The quantitative estimate of drug-likeness (QED) is 0.588. The predicted octanol–water partition coefficient (Wildman–Crippen LogP) is 5.59. The van der Waals surface area contributed by atoms with E-state index in [1.165, 1.54) is 0 Å². The lowest BCUT2D eigenvalue weighted by atomic mass is 10.1. The van der Waals surface area contributed by atoms with Gasteiger partial charge < -0.3 is 14.8 Å². The van der Waals surface area contributed by atoms with Crippen molar-refractivity contribution in [2.75, 3.05) is 0 Å². The Morgan fingerprint density at radius 3 is 2.41 bits per heavy atom. The van der Waals surface area contributed by atoms with E-state index in [0.717, 1.165) is 5.56 Å². The number of hydrogen-bond donors (Lipinski definition) is 1. The molecule has 4 nitrogen and oxygen atoms in total. The van der Waals surface area contributed by atoms with E-state index in [4.69, 9.17) is 27.9 Å². The maximum absolute atomic E-state index is 12.0. The van der Waals surface area contributed by atoms with Crippen LogP contribution in [0.25, 0.3) is 0 Å². The summed E-state index contributed by atoms with van der Waals surface area (Å²) >= 11 is 12.0.